The molecular weight excluding hydrogens is 490 g/mol. The van der Waals surface area contributed by atoms with Crippen LogP contribution in [0.1, 0.15) is 142 Å². The Kier molecular flexibility index (Phi) is 26.9. The van der Waals surface area contributed by atoms with Gasteiger partial charge in [-0.05, 0) is 70.3 Å². The average Bonchev–Trinajstić information content (AvgIpc) is 2.91. The highest BCUT2D eigenvalue weighted by molar-refractivity contribution is 5.80. The molecule has 1 amide bonds. The van der Waals surface area contributed by atoms with Crippen molar-refractivity contribution in [1.29, 1.82) is 0 Å². The Labute approximate surface area is 238 Å². The fourth-order valence-corrected chi connectivity index (χ4v) is 4.17. The standard InChI is InChI=1S/C33H57NO5/c1-3-5-7-9-11-12-13-14-15-16-18-24-28-33(38)39-30(25-21-17-10-8-6-4-2)26-22-19-20-23-27-31(35)34-29-32(36)37/h8,10-12,21,25,30H,3-7,9,13-20,22-24,26-29H2,1-2H3,(H,34,35)(H,36,37)/b10-8-,12-11-,25-21-. The summed E-state index contributed by atoms with van der Waals surface area (Å²) >= 11 is 0. The molecule has 0 fully saturated rings. The number of carbonyl (C=O) groups is 3. The maximum atomic E-state index is 12.5. The third-order valence-corrected chi connectivity index (χ3v) is 6.50. The first-order valence-corrected chi connectivity index (χ1v) is 15.6. The van der Waals surface area contributed by atoms with E-state index in [1.807, 2.05) is 6.08 Å². The number of rotatable bonds is 27. The van der Waals surface area contributed by atoms with E-state index in [2.05, 4.69) is 49.5 Å². The van der Waals surface area contributed by atoms with Crippen LogP contribution in [0.5, 0.6) is 0 Å². The van der Waals surface area contributed by atoms with E-state index >= 15 is 0 Å². The number of hydrogen-bond acceptors (Lipinski definition) is 4. The van der Waals surface area contributed by atoms with Gasteiger partial charge in [-0.2, -0.15) is 0 Å². The topological polar surface area (TPSA) is 92.7 Å². The quantitative estimate of drug-likeness (QED) is 0.0610. The van der Waals surface area contributed by atoms with Crippen molar-refractivity contribution in [3.8, 4) is 0 Å². The van der Waals surface area contributed by atoms with E-state index in [-0.39, 0.29) is 24.5 Å². The summed E-state index contributed by atoms with van der Waals surface area (Å²) in [4.78, 5) is 34.6. The Morgan fingerprint density at radius 3 is 2.00 bits per heavy atom. The Bertz CT molecular complexity index is 698. The molecule has 0 bridgehead atoms. The van der Waals surface area contributed by atoms with Gasteiger partial charge in [0.15, 0.2) is 0 Å². The molecule has 1 atom stereocenters. The lowest BCUT2D eigenvalue weighted by Gasteiger charge is -2.14. The van der Waals surface area contributed by atoms with Crippen LogP contribution in [0.2, 0.25) is 0 Å². The van der Waals surface area contributed by atoms with Gasteiger partial charge < -0.3 is 15.2 Å². The first-order valence-electron chi connectivity index (χ1n) is 15.6. The second-order valence-corrected chi connectivity index (χ2v) is 10.3. The van der Waals surface area contributed by atoms with E-state index in [4.69, 9.17) is 9.84 Å². The van der Waals surface area contributed by atoms with Crippen molar-refractivity contribution in [2.45, 2.75) is 148 Å². The predicted octanol–water partition coefficient (Wildman–Crippen LogP) is 8.61. The molecule has 0 aromatic heterocycles. The number of carboxylic acid groups (broad SMARTS) is 1. The molecule has 0 aromatic rings. The number of amides is 1. The number of esters is 1. The van der Waals surface area contributed by atoms with Gasteiger partial charge in [0.2, 0.25) is 5.91 Å². The number of allylic oxidation sites excluding steroid dienone is 5. The van der Waals surface area contributed by atoms with Gasteiger partial charge in [0.25, 0.3) is 0 Å². The van der Waals surface area contributed by atoms with Crippen molar-refractivity contribution in [3.63, 3.8) is 0 Å². The van der Waals surface area contributed by atoms with Crippen molar-refractivity contribution in [2.24, 2.45) is 0 Å². The minimum atomic E-state index is -1.03. The zero-order valence-electron chi connectivity index (χ0n) is 25.0. The SMILES string of the molecule is CCC/C=C\C/C=C\C(CCCCCCC(=O)NCC(=O)O)OC(=O)CCCCCCC/C=C\CCCCC. The van der Waals surface area contributed by atoms with E-state index in [0.29, 0.717) is 12.8 Å². The average molecular weight is 548 g/mol. The molecule has 0 aromatic carbocycles. The lowest BCUT2D eigenvalue weighted by Crippen LogP contribution is -2.28. The van der Waals surface area contributed by atoms with Crippen LogP contribution in [0, 0.1) is 0 Å². The molecule has 0 saturated heterocycles. The molecular formula is C33H57NO5. The van der Waals surface area contributed by atoms with Crippen molar-refractivity contribution in [3.05, 3.63) is 36.5 Å². The van der Waals surface area contributed by atoms with E-state index in [1.54, 1.807) is 0 Å². The number of carboxylic acids is 1. The molecule has 0 saturated carbocycles. The minimum Gasteiger partial charge on any atom is -0.480 e. The maximum Gasteiger partial charge on any atom is 0.322 e. The number of ether oxygens (including phenoxy) is 1. The van der Waals surface area contributed by atoms with E-state index in [0.717, 1.165) is 70.6 Å². The zero-order valence-corrected chi connectivity index (χ0v) is 25.0. The second-order valence-electron chi connectivity index (χ2n) is 10.3. The van der Waals surface area contributed by atoms with Gasteiger partial charge in [0.1, 0.15) is 12.6 Å². The normalized spacial score (nSPS) is 12.5. The number of unbranched alkanes of at least 4 members (excludes halogenated alkanes) is 12. The molecule has 6 heteroatoms. The summed E-state index contributed by atoms with van der Waals surface area (Å²) in [5.41, 5.74) is 0. The van der Waals surface area contributed by atoms with Crippen LogP contribution < -0.4 is 5.32 Å². The van der Waals surface area contributed by atoms with Crippen LogP contribution in [0.15, 0.2) is 36.5 Å². The zero-order chi connectivity index (χ0) is 28.8. The Morgan fingerprint density at radius 2 is 1.31 bits per heavy atom. The molecule has 0 aliphatic carbocycles. The fourth-order valence-electron chi connectivity index (χ4n) is 4.17. The van der Waals surface area contributed by atoms with E-state index in [1.165, 1.54) is 44.9 Å². The molecule has 0 aliphatic heterocycles. The van der Waals surface area contributed by atoms with Crippen LogP contribution in [-0.4, -0.2) is 35.6 Å². The highest BCUT2D eigenvalue weighted by Crippen LogP contribution is 2.14. The molecule has 0 spiro atoms. The summed E-state index contributed by atoms with van der Waals surface area (Å²) in [6.45, 7) is 4.06. The molecule has 39 heavy (non-hydrogen) atoms. The second kappa shape index (κ2) is 28.6. The first-order chi connectivity index (χ1) is 19.0. The Hall–Kier alpha value is -2.37. The van der Waals surface area contributed by atoms with Crippen molar-refractivity contribution < 1.29 is 24.2 Å². The Morgan fingerprint density at radius 1 is 0.692 bits per heavy atom. The largest absolute Gasteiger partial charge is 0.480 e. The van der Waals surface area contributed by atoms with Crippen LogP contribution in [0.4, 0.5) is 0 Å². The van der Waals surface area contributed by atoms with E-state index in [9.17, 15) is 14.4 Å². The molecule has 2 N–H and O–H groups in total. The Balaban J connectivity index is 4.18. The van der Waals surface area contributed by atoms with Crippen LogP contribution >= 0.6 is 0 Å². The number of carbonyl (C=O) groups excluding carboxylic acids is 2. The molecule has 0 heterocycles. The van der Waals surface area contributed by atoms with Crippen molar-refractivity contribution >= 4 is 17.8 Å². The summed E-state index contributed by atoms with van der Waals surface area (Å²) in [6.07, 6.45) is 32.8. The third-order valence-electron chi connectivity index (χ3n) is 6.50. The number of nitrogens with one attached hydrogen (secondary N) is 1. The van der Waals surface area contributed by atoms with Gasteiger partial charge in [-0.1, -0.05) is 95.6 Å². The van der Waals surface area contributed by atoms with Crippen LogP contribution in [0.25, 0.3) is 0 Å². The minimum absolute atomic E-state index is 0.115. The molecule has 0 rings (SSSR count). The highest BCUT2D eigenvalue weighted by atomic mass is 16.5. The number of aliphatic carboxylic acids is 1. The maximum absolute atomic E-state index is 12.5. The summed E-state index contributed by atoms with van der Waals surface area (Å²) in [6, 6.07) is 0. The van der Waals surface area contributed by atoms with Gasteiger partial charge in [-0.15, -0.1) is 0 Å². The van der Waals surface area contributed by atoms with E-state index < -0.39 is 5.97 Å². The molecule has 1 unspecified atom stereocenters. The summed E-state index contributed by atoms with van der Waals surface area (Å²) in [5.74, 6) is -1.37. The molecule has 0 radical (unpaired) electrons. The molecule has 0 aliphatic rings. The van der Waals surface area contributed by atoms with Crippen molar-refractivity contribution in [1.82, 2.24) is 5.32 Å². The fraction of sp³-hybridized carbons (Fsp3) is 0.727. The highest BCUT2D eigenvalue weighted by Gasteiger charge is 2.11. The van der Waals surface area contributed by atoms with Gasteiger partial charge in [0, 0.05) is 12.8 Å². The molecule has 224 valence electrons. The van der Waals surface area contributed by atoms with Gasteiger partial charge in [-0.3, -0.25) is 14.4 Å². The lowest BCUT2D eigenvalue weighted by atomic mass is 10.1. The lowest BCUT2D eigenvalue weighted by molar-refractivity contribution is -0.147. The smallest absolute Gasteiger partial charge is 0.322 e. The first kappa shape index (κ1) is 36.6. The monoisotopic (exact) mass is 547 g/mol. The van der Waals surface area contributed by atoms with Crippen molar-refractivity contribution in [2.75, 3.05) is 6.54 Å². The summed E-state index contributed by atoms with van der Waals surface area (Å²) < 4.78 is 5.80. The van der Waals surface area contributed by atoms with Crippen LogP contribution in [-0.2, 0) is 19.1 Å². The van der Waals surface area contributed by atoms with Gasteiger partial charge in [-0.25, -0.2) is 0 Å². The predicted molar refractivity (Wildman–Crippen MR) is 162 cm³/mol. The van der Waals surface area contributed by atoms with Gasteiger partial charge >= 0.3 is 11.9 Å². The van der Waals surface area contributed by atoms with Crippen LogP contribution in [0.3, 0.4) is 0 Å². The summed E-state index contributed by atoms with van der Waals surface area (Å²) in [7, 11) is 0. The number of hydrogen-bond donors (Lipinski definition) is 2. The summed E-state index contributed by atoms with van der Waals surface area (Å²) in [5, 5.41) is 11.0. The molecule has 6 nitrogen and oxygen atoms in total. The van der Waals surface area contributed by atoms with Gasteiger partial charge in [0.05, 0.1) is 0 Å². The third kappa shape index (κ3) is 28.5.